The number of para-hydroxylation sites is 1. The molecule has 1 aromatic carbocycles. The van der Waals surface area contributed by atoms with Crippen LogP contribution in [0.1, 0.15) is 31.2 Å². The predicted molar refractivity (Wildman–Crippen MR) is 137 cm³/mol. The minimum Gasteiger partial charge on any atom is -0.480 e. The first-order chi connectivity index (χ1) is 17.7. The van der Waals surface area contributed by atoms with Gasteiger partial charge < -0.3 is 42.8 Å². The van der Waals surface area contributed by atoms with Crippen molar-refractivity contribution in [2.75, 3.05) is 19.6 Å². The molecule has 0 radical (unpaired) electrons. The summed E-state index contributed by atoms with van der Waals surface area (Å²) in [6.07, 6.45) is 3.84. The van der Waals surface area contributed by atoms with Crippen LogP contribution in [0.15, 0.2) is 35.5 Å². The number of aliphatic imine (C=N–C) groups is 1. The third kappa shape index (κ3) is 8.20. The lowest BCUT2D eigenvalue weighted by atomic mass is 10.0. The SMILES string of the molecule is NC(N)=NCCCC(NC(=O)CNC(=O)C1CCCN1)C(=O)NC(Cc1c[nH]c2ccccc12)C(=O)O. The number of nitrogens with one attached hydrogen (secondary N) is 5. The van der Waals surface area contributed by atoms with Crippen LogP contribution in [-0.2, 0) is 25.6 Å². The van der Waals surface area contributed by atoms with Gasteiger partial charge in [-0.25, -0.2) is 4.79 Å². The standard InChI is InChI=1S/C24H34N8O5/c25-24(26)28-10-4-8-18(31-20(33)13-30-21(34)17-7-3-9-27-17)22(35)32-19(23(36)37)11-14-12-29-16-6-2-1-5-15(14)16/h1-2,5-6,12,17-19,27,29H,3-4,7-11,13H2,(H,30,34)(H,31,33)(H,32,35)(H,36,37)(H4,25,26,28). The highest BCUT2D eigenvalue weighted by molar-refractivity contribution is 5.93. The largest absolute Gasteiger partial charge is 0.480 e. The maximum absolute atomic E-state index is 13.1. The molecule has 3 rings (SSSR count). The summed E-state index contributed by atoms with van der Waals surface area (Å²) in [7, 11) is 0. The Morgan fingerprint density at radius 2 is 1.92 bits per heavy atom. The summed E-state index contributed by atoms with van der Waals surface area (Å²) in [5.74, 6) is -2.82. The number of carbonyl (C=O) groups is 4. The van der Waals surface area contributed by atoms with Gasteiger partial charge in [0.2, 0.25) is 17.7 Å². The molecule has 2 heterocycles. The highest BCUT2D eigenvalue weighted by atomic mass is 16.4. The molecule has 0 spiro atoms. The first-order valence-electron chi connectivity index (χ1n) is 12.2. The Hall–Kier alpha value is -4.13. The first kappa shape index (κ1) is 27.5. The molecule has 3 amide bonds. The Labute approximate surface area is 213 Å². The quantitative estimate of drug-likeness (QED) is 0.0909. The van der Waals surface area contributed by atoms with Gasteiger partial charge in [-0.05, 0) is 43.9 Å². The number of nitrogens with zero attached hydrogens (tertiary/aromatic N) is 1. The number of aromatic amines is 1. The number of carboxylic acid groups (broad SMARTS) is 1. The molecule has 1 fully saturated rings. The van der Waals surface area contributed by atoms with Gasteiger partial charge in [-0.2, -0.15) is 0 Å². The van der Waals surface area contributed by atoms with Crippen molar-refractivity contribution in [2.24, 2.45) is 16.5 Å². The Bertz CT molecular complexity index is 1140. The number of guanidine groups is 1. The van der Waals surface area contributed by atoms with E-state index in [4.69, 9.17) is 11.5 Å². The van der Waals surface area contributed by atoms with Crippen molar-refractivity contribution in [3.8, 4) is 0 Å². The molecule has 200 valence electrons. The van der Waals surface area contributed by atoms with Crippen LogP contribution < -0.4 is 32.7 Å². The number of H-pyrrole nitrogens is 1. The molecule has 3 unspecified atom stereocenters. The molecule has 13 nitrogen and oxygen atoms in total. The number of carboxylic acids is 1. The molecule has 13 heteroatoms. The summed E-state index contributed by atoms with van der Waals surface area (Å²) in [5.41, 5.74) is 12.3. The topological polar surface area (TPSA) is 217 Å². The minimum absolute atomic E-state index is 0.0458. The second-order valence-corrected chi connectivity index (χ2v) is 8.90. The van der Waals surface area contributed by atoms with Gasteiger partial charge in [-0.15, -0.1) is 0 Å². The van der Waals surface area contributed by atoms with E-state index in [-0.39, 0.29) is 43.8 Å². The van der Waals surface area contributed by atoms with Crippen LogP contribution >= 0.6 is 0 Å². The third-order valence-electron chi connectivity index (χ3n) is 6.11. The van der Waals surface area contributed by atoms with Crippen LogP contribution in [0.3, 0.4) is 0 Å². The third-order valence-corrected chi connectivity index (χ3v) is 6.11. The van der Waals surface area contributed by atoms with Crippen molar-refractivity contribution in [2.45, 2.75) is 50.2 Å². The Kier molecular flexibility index (Phi) is 9.84. The van der Waals surface area contributed by atoms with E-state index >= 15 is 0 Å². The van der Waals surface area contributed by atoms with Crippen LogP contribution in [-0.4, -0.2) is 77.5 Å². The molecular formula is C24H34N8O5. The Morgan fingerprint density at radius 3 is 2.62 bits per heavy atom. The fourth-order valence-corrected chi connectivity index (χ4v) is 4.21. The lowest BCUT2D eigenvalue weighted by molar-refractivity contribution is -0.142. The minimum atomic E-state index is -1.23. The van der Waals surface area contributed by atoms with E-state index in [2.05, 4.69) is 31.2 Å². The van der Waals surface area contributed by atoms with Gasteiger partial charge in [-0.3, -0.25) is 19.4 Å². The van der Waals surface area contributed by atoms with Gasteiger partial charge in [0.05, 0.1) is 12.6 Å². The molecule has 1 aliphatic rings. The zero-order valence-corrected chi connectivity index (χ0v) is 20.5. The van der Waals surface area contributed by atoms with Crippen molar-refractivity contribution >= 4 is 40.6 Å². The molecule has 0 saturated carbocycles. The summed E-state index contributed by atoms with van der Waals surface area (Å²) in [4.78, 5) is 56.7. The number of hydrogen-bond acceptors (Lipinski definition) is 6. The number of aromatic nitrogens is 1. The number of hydrogen-bond donors (Lipinski definition) is 8. The van der Waals surface area contributed by atoms with Crippen LogP contribution in [0, 0.1) is 0 Å². The lowest BCUT2D eigenvalue weighted by Gasteiger charge is -2.22. The maximum atomic E-state index is 13.1. The predicted octanol–water partition coefficient (Wildman–Crippen LogP) is -1.31. The monoisotopic (exact) mass is 514 g/mol. The van der Waals surface area contributed by atoms with E-state index in [1.165, 1.54) is 0 Å². The van der Waals surface area contributed by atoms with Crippen molar-refractivity contribution in [1.29, 1.82) is 0 Å². The number of rotatable bonds is 13. The van der Waals surface area contributed by atoms with Gasteiger partial charge >= 0.3 is 5.97 Å². The molecular weight excluding hydrogens is 480 g/mol. The molecule has 3 atom stereocenters. The van der Waals surface area contributed by atoms with Gasteiger partial charge in [0.1, 0.15) is 12.1 Å². The smallest absolute Gasteiger partial charge is 0.326 e. The second kappa shape index (κ2) is 13.3. The van der Waals surface area contributed by atoms with Gasteiger partial charge in [-0.1, -0.05) is 18.2 Å². The zero-order valence-electron chi connectivity index (χ0n) is 20.5. The van der Waals surface area contributed by atoms with Crippen LogP contribution in [0.2, 0.25) is 0 Å². The summed E-state index contributed by atoms with van der Waals surface area (Å²) in [6.45, 7) is 0.655. The Balaban J connectivity index is 1.63. The van der Waals surface area contributed by atoms with E-state index in [1.54, 1.807) is 6.20 Å². The highest BCUT2D eigenvalue weighted by Crippen LogP contribution is 2.19. The average molecular weight is 515 g/mol. The van der Waals surface area contributed by atoms with E-state index in [9.17, 15) is 24.3 Å². The van der Waals surface area contributed by atoms with Crippen molar-refractivity contribution in [3.63, 3.8) is 0 Å². The van der Waals surface area contributed by atoms with Crippen LogP contribution in [0.5, 0.6) is 0 Å². The van der Waals surface area contributed by atoms with E-state index in [0.29, 0.717) is 12.8 Å². The summed E-state index contributed by atoms with van der Waals surface area (Å²) >= 11 is 0. The first-order valence-corrected chi connectivity index (χ1v) is 12.2. The zero-order chi connectivity index (χ0) is 26.8. The van der Waals surface area contributed by atoms with Crippen LogP contribution in [0.25, 0.3) is 10.9 Å². The van der Waals surface area contributed by atoms with Crippen LogP contribution in [0.4, 0.5) is 0 Å². The molecule has 1 aliphatic heterocycles. The fraction of sp³-hybridized carbons (Fsp3) is 0.458. The molecule has 10 N–H and O–H groups in total. The molecule has 37 heavy (non-hydrogen) atoms. The average Bonchev–Trinajstić information content (AvgIpc) is 3.54. The number of nitrogens with two attached hydrogens (primary N) is 2. The van der Waals surface area contributed by atoms with Crippen molar-refractivity contribution in [3.05, 3.63) is 36.0 Å². The summed E-state index contributed by atoms with van der Waals surface area (Å²) in [6, 6.07) is 4.83. The van der Waals surface area contributed by atoms with E-state index in [0.717, 1.165) is 29.4 Å². The van der Waals surface area contributed by atoms with Gasteiger partial charge in [0.25, 0.3) is 0 Å². The number of carbonyl (C=O) groups excluding carboxylic acids is 3. The van der Waals surface area contributed by atoms with Crippen molar-refractivity contribution in [1.82, 2.24) is 26.3 Å². The maximum Gasteiger partial charge on any atom is 0.326 e. The number of benzene rings is 1. The molecule has 0 bridgehead atoms. The normalized spacial score (nSPS) is 16.5. The molecule has 1 saturated heterocycles. The molecule has 1 aromatic heterocycles. The fourth-order valence-electron chi connectivity index (χ4n) is 4.21. The van der Waals surface area contributed by atoms with E-state index in [1.807, 2.05) is 24.3 Å². The van der Waals surface area contributed by atoms with Gasteiger partial charge in [0.15, 0.2) is 5.96 Å². The van der Waals surface area contributed by atoms with E-state index < -0.39 is 29.9 Å². The van der Waals surface area contributed by atoms with Gasteiger partial charge in [0, 0.05) is 30.1 Å². The summed E-state index contributed by atoms with van der Waals surface area (Å²) < 4.78 is 0. The second-order valence-electron chi connectivity index (χ2n) is 8.90. The molecule has 0 aliphatic carbocycles. The summed E-state index contributed by atoms with van der Waals surface area (Å²) in [5, 5.41) is 21.4. The number of aliphatic carboxylic acids is 1. The lowest BCUT2D eigenvalue weighted by Crippen LogP contribution is -2.54. The Morgan fingerprint density at radius 1 is 1.14 bits per heavy atom. The number of fused-ring (bicyclic) bond motifs is 1. The highest BCUT2D eigenvalue weighted by Gasteiger charge is 2.28. The van der Waals surface area contributed by atoms with Crippen molar-refractivity contribution < 1.29 is 24.3 Å². The molecule has 2 aromatic rings. The number of amides is 3.